The normalized spacial score (nSPS) is 19.8. The van der Waals surface area contributed by atoms with Crippen LogP contribution >= 0.6 is 0 Å². The number of hydrogen-bond acceptors (Lipinski definition) is 4. The molecule has 1 amide bonds. The molecule has 2 aromatic rings. The zero-order valence-corrected chi connectivity index (χ0v) is 15.6. The van der Waals surface area contributed by atoms with Crippen LogP contribution in [-0.2, 0) is 20.0 Å². The van der Waals surface area contributed by atoms with E-state index in [2.05, 4.69) is 0 Å². The van der Waals surface area contributed by atoms with Gasteiger partial charge in [-0.2, -0.15) is 0 Å². The second-order valence-corrected chi connectivity index (χ2v) is 8.64. The Morgan fingerprint density at radius 2 is 1.76 bits per heavy atom. The van der Waals surface area contributed by atoms with E-state index in [4.69, 9.17) is 4.74 Å². The lowest BCUT2D eigenvalue weighted by Gasteiger charge is -2.23. The van der Waals surface area contributed by atoms with Crippen molar-refractivity contribution in [3.63, 3.8) is 0 Å². The minimum Gasteiger partial charge on any atom is -0.497 e. The van der Waals surface area contributed by atoms with Gasteiger partial charge in [-0.05, 0) is 49.7 Å². The van der Waals surface area contributed by atoms with Crippen molar-refractivity contribution < 1.29 is 17.9 Å². The Kier molecular flexibility index (Phi) is 4.11. The van der Waals surface area contributed by atoms with Gasteiger partial charge in [0.1, 0.15) is 5.75 Å². The summed E-state index contributed by atoms with van der Waals surface area (Å²) in [7, 11) is -0.418. The Morgan fingerprint density at radius 3 is 2.36 bits per heavy atom. The Labute approximate surface area is 148 Å². The van der Waals surface area contributed by atoms with Gasteiger partial charge in [-0.3, -0.25) is 4.79 Å². The molecule has 3 rings (SSSR count). The van der Waals surface area contributed by atoms with Crippen LogP contribution in [0.4, 0.5) is 5.69 Å². The summed E-state index contributed by atoms with van der Waals surface area (Å²) in [6, 6.07) is 12.0. The van der Waals surface area contributed by atoms with Crippen molar-refractivity contribution in [2.24, 2.45) is 0 Å². The van der Waals surface area contributed by atoms with Gasteiger partial charge in [-0.1, -0.05) is 17.7 Å². The summed E-state index contributed by atoms with van der Waals surface area (Å²) in [5, 5.41) is 0. The van der Waals surface area contributed by atoms with Crippen LogP contribution in [0.25, 0.3) is 0 Å². The average Bonchev–Trinajstić information content (AvgIpc) is 2.76. The van der Waals surface area contributed by atoms with E-state index in [1.165, 1.54) is 4.90 Å². The molecule has 0 spiro atoms. The van der Waals surface area contributed by atoms with Gasteiger partial charge in [-0.15, -0.1) is 0 Å². The van der Waals surface area contributed by atoms with Gasteiger partial charge in [0, 0.05) is 12.7 Å². The van der Waals surface area contributed by atoms with Crippen LogP contribution in [0.5, 0.6) is 5.75 Å². The maximum Gasteiger partial charge on any atom is 0.238 e. The van der Waals surface area contributed by atoms with Gasteiger partial charge in [0.25, 0.3) is 0 Å². The van der Waals surface area contributed by atoms with Gasteiger partial charge in [0.15, 0.2) is 9.84 Å². The lowest BCUT2D eigenvalue weighted by Crippen LogP contribution is -2.41. The van der Waals surface area contributed by atoms with Crippen LogP contribution in [0.1, 0.15) is 18.1 Å². The van der Waals surface area contributed by atoms with Gasteiger partial charge in [0.05, 0.1) is 23.2 Å². The van der Waals surface area contributed by atoms with E-state index in [1.54, 1.807) is 63.5 Å². The van der Waals surface area contributed by atoms with E-state index >= 15 is 0 Å². The van der Waals surface area contributed by atoms with Crippen molar-refractivity contribution in [3.8, 4) is 5.75 Å². The molecule has 0 radical (unpaired) electrons. The van der Waals surface area contributed by atoms with Crippen molar-refractivity contribution >= 4 is 21.4 Å². The molecule has 0 aliphatic carbocycles. The Hall–Kier alpha value is -2.34. The van der Waals surface area contributed by atoms with Crippen LogP contribution in [0.3, 0.4) is 0 Å². The molecule has 6 heteroatoms. The zero-order chi connectivity index (χ0) is 18.4. The number of benzene rings is 2. The van der Waals surface area contributed by atoms with Crippen molar-refractivity contribution in [2.45, 2.75) is 24.2 Å². The molecule has 0 saturated carbocycles. The molecule has 5 nitrogen and oxygen atoms in total. The molecule has 0 bridgehead atoms. The van der Waals surface area contributed by atoms with Crippen molar-refractivity contribution in [2.75, 3.05) is 24.8 Å². The molecule has 1 atom stereocenters. The summed E-state index contributed by atoms with van der Waals surface area (Å²) < 4.78 is 31.1. The lowest BCUT2D eigenvalue weighted by molar-refractivity contribution is -0.121. The standard InChI is InChI=1S/C19H21NO4S/c1-13-5-8-15(9-6-13)25(22,23)12-19(2)16-11-14(24-4)7-10-17(16)20(3)18(19)21/h5-11H,12H2,1-4H3. The quantitative estimate of drug-likeness (QED) is 0.842. The van der Waals surface area contributed by atoms with E-state index in [1.807, 2.05) is 6.92 Å². The number of aryl methyl sites for hydroxylation is 1. The van der Waals surface area contributed by atoms with Crippen LogP contribution in [0.2, 0.25) is 0 Å². The molecule has 2 aromatic carbocycles. The highest BCUT2D eigenvalue weighted by Crippen LogP contribution is 2.44. The van der Waals surface area contributed by atoms with E-state index < -0.39 is 15.3 Å². The minimum atomic E-state index is -3.63. The molecule has 0 fully saturated rings. The van der Waals surface area contributed by atoms with Gasteiger partial charge in [-0.25, -0.2) is 8.42 Å². The number of ether oxygens (including phenoxy) is 1. The SMILES string of the molecule is COc1ccc2c(c1)C(C)(CS(=O)(=O)c1ccc(C)cc1)C(=O)N2C. The zero-order valence-electron chi connectivity index (χ0n) is 14.7. The number of fused-ring (bicyclic) bond motifs is 1. The van der Waals surface area contributed by atoms with Crippen LogP contribution in [-0.4, -0.2) is 34.2 Å². The van der Waals surface area contributed by atoms with Crippen LogP contribution in [0.15, 0.2) is 47.4 Å². The number of rotatable bonds is 4. The molecule has 1 aliphatic rings. The number of carbonyl (C=O) groups excluding carboxylic acids is 1. The second kappa shape index (κ2) is 5.88. The number of sulfone groups is 1. The van der Waals surface area contributed by atoms with Crippen LogP contribution < -0.4 is 9.64 Å². The summed E-state index contributed by atoms with van der Waals surface area (Å²) in [6.07, 6.45) is 0. The number of anilines is 1. The van der Waals surface area contributed by atoms with Gasteiger partial charge in [0.2, 0.25) is 5.91 Å². The number of nitrogens with zero attached hydrogens (tertiary/aromatic N) is 1. The Bertz CT molecular complexity index is 934. The smallest absolute Gasteiger partial charge is 0.238 e. The fourth-order valence-corrected chi connectivity index (χ4v) is 5.08. The topological polar surface area (TPSA) is 63.7 Å². The summed E-state index contributed by atoms with van der Waals surface area (Å²) >= 11 is 0. The molecule has 0 saturated heterocycles. The number of carbonyl (C=O) groups is 1. The first-order valence-corrected chi connectivity index (χ1v) is 9.60. The summed E-state index contributed by atoms with van der Waals surface area (Å²) in [5.41, 5.74) is 1.22. The fraction of sp³-hybridized carbons (Fsp3) is 0.316. The first-order valence-electron chi connectivity index (χ1n) is 7.95. The number of likely N-dealkylation sites (N-methyl/N-ethyl adjacent to an activating group) is 1. The monoisotopic (exact) mass is 359 g/mol. The van der Waals surface area contributed by atoms with Crippen molar-refractivity contribution in [1.29, 1.82) is 0 Å². The molecule has 25 heavy (non-hydrogen) atoms. The number of hydrogen-bond donors (Lipinski definition) is 0. The molecular weight excluding hydrogens is 338 g/mol. The summed E-state index contributed by atoms with van der Waals surface area (Å²) in [5.74, 6) is 0.0825. The van der Waals surface area contributed by atoms with Crippen molar-refractivity contribution in [3.05, 3.63) is 53.6 Å². The highest BCUT2D eigenvalue weighted by molar-refractivity contribution is 7.91. The minimum absolute atomic E-state index is 0.228. The maximum absolute atomic E-state index is 12.9. The van der Waals surface area contributed by atoms with E-state index in [0.717, 1.165) is 5.56 Å². The first-order chi connectivity index (χ1) is 11.7. The molecule has 132 valence electrons. The van der Waals surface area contributed by atoms with Crippen molar-refractivity contribution in [1.82, 2.24) is 0 Å². The predicted molar refractivity (Wildman–Crippen MR) is 97.0 cm³/mol. The third-order valence-electron chi connectivity index (χ3n) is 4.79. The molecule has 1 heterocycles. The largest absolute Gasteiger partial charge is 0.497 e. The molecule has 1 aliphatic heterocycles. The van der Waals surface area contributed by atoms with Gasteiger partial charge >= 0.3 is 0 Å². The molecular formula is C19H21NO4S. The van der Waals surface area contributed by atoms with E-state index in [-0.39, 0.29) is 16.6 Å². The van der Waals surface area contributed by atoms with Crippen LogP contribution in [0, 0.1) is 6.92 Å². The molecule has 1 unspecified atom stereocenters. The maximum atomic E-state index is 12.9. The molecule has 0 N–H and O–H groups in total. The highest BCUT2D eigenvalue weighted by Gasteiger charge is 2.49. The highest BCUT2D eigenvalue weighted by atomic mass is 32.2. The second-order valence-electron chi connectivity index (χ2n) is 6.65. The lowest BCUT2D eigenvalue weighted by atomic mass is 9.86. The van der Waals surface area contributed by atoms with E-state index in [0.29, 0.717) is 17.0 Å². The summed E-state index contributed by atoms with van der Waals surface area (Å²) in [4.78, 5) is 14.6. The fourth-order valence-electron chi connectivity index (χ4n) is 3.32. The summed E-state index contributed by atoms with van der Waals surface area (Å²) in [6.45, 7) is 3.58. The Morgan fingerprint density at radius 1 is 1.12 bits per heavy atom. The third-order valence-corrected chi connectivity index (χ3v) is 6.74. The number of methoxy groups -OCH3 is 1. The molecule has 0 aromatic heterocycles. The number of amides is 1. The first kappa shape index (κ1) is 17.5. The Balaban J connectivity index is 2.07. The van der Waals surface area contributed by atoms with E-state index in [9.17, 15) is 13.2 Å². The predicted octanol–water partition coefficient (Wildman–Crippen LogP) is 2.71. The van der Waals surface area contributed by atoms with Gasteiger partial charge < -0.3 is 9.64 Å². The third kappa shape index (κ3) is 2.80. The average molecular weight is 359 g/mol.